The molecule has 1 aromatic rings. The first-order valence-corrected chi connectivity index (χ1v) is 34.9. The number of unbranched alkanes of at least 4 members (excludes halogenated alkanes) is 1. The number of thioether (sulfide) groups is 1. The zero-order valence-electron chi connectivity index (χ0n) is 54.4. The van der Waals surface area contributed by atoms with Gasteiger partial charge in [-0.05, 0) is 91.7 Å². The molecule has 11 aliphatic heterocycles. The lowest BCUT2D eigenvalue weighted by Gasteiger charge is -2.61. The van der Waals surface area contributed by atoms with E-state index < -0.39 is 76.3 Å². The smallest absolute Gasteiger partial charge is 0.442 e. The minimum atomic E-state index is -4.81. The maximum absolute atomic E-state index is 14.1. The Kier molecular flexibility index (Phi) is 20.9. The highest BCUT2D eigenvalue weighted by molar-refractivity contribution is 8.00. The Morgan fingerprint density at radius 3 is 2.39 bits per heavy atom. The summed E-state index contributed by atoms with van der Waals surface area (Å²) in [6, 6.07) is 3.65. The van der Waals surface area contributed by atoms with Crippen LogP contribution in [0.15, 0.2) is 77.5 Å². The minimum absolute atomic E-state index is 0.0187. The standard InChI is InChI=1S/C68H94F3N5O17S/c1-7-8-9-10-11-17-53-62(2,81)24-23-45-48(88-53)35-55-65(5,91-45)39-64(4)54(90-55)22-21-44-49(92-64)34-47-50(87-44)37-63(3)56(89-47)36-57-66(6,93-63)52(77)33-41(86-57)15-14-26-85-60(79)42-20-19-40(67(75-76-67)68(69,70)71)32-46(42)84-31-30-83-29-28-82-27-25-72-58(78)18-13-12-16-51-59-43(38-94-51)73-61(80)74-59/h7,9-11,17,19-20,23-24,32,41,43-45,47-57,59,77,81H,1,8,12-16,18,21-22,25-31,33-39H2,2-6H3,(H,72,78)(H2,73,74,80)/b10-9+,17-11+/t41-,43-,44+,45+,47+,48-,49-,50-,51-,52-,53+,54-,55+,56-,57+,59-,62-,63+,64+,65-,66-/m0/s1. The lowest BCUT2D eigenvalue weighted by atomic mass is 9.72. The number of hydrogen-bond acceptors (Lipinski definition) is 20. The van der Waals surface area contributed by atoms with Crippen molar-refractivity contribution in [3.8, 4) is 5.75 Å². The second-order valence-electron chi connectivity index (χ2n) is 28.3. The van der Waals surface area contributed by atoms with Crippen molar-refractivity contribution in [2.75, 3.05) is 51.9 Å². The van der Waals surface area contributed by atoms with E-state index in [9.17, 15) is 37.8 Å². The molecule has 94 heavy (non-hydrogen) atoms. The average molecular weight is 1340 g/mol. The van der Waals surface area contributed by atoms with E-state index in [2.05, 4.69) is 46.6 Å². The second-order valence-corrected chi connectivity index (χ2v) is 29.6. The van der Waals surface area contributed by atoms with Crippen molar-refractivity contribution in [3.63, 3.8) is 0 Å². The van der Waals surface area contributed by atoms with Crippen molar-refractivity contribution in [2.24, 2.45) is 10.2 Å². The van der Waals surface area contributed by atoms with Crippen molar-refractivity contribution < 1.29 is 94.6 Å². The molecular formula is C68H94F3N5O17S. The number of hydrogen-bond donors (Lipinski definition) is 5. The highest BCUT2D eigenvalue weighted by Gasteiger charge is 2.67. The SMILES string of the molecule is C=CC/C=C/C=C/[C@H]1O[C@H]2C[C@H]3O[C@H]4CC[C@H]5O[C@H]6C[C@@]7(C)O[C@@]8(C)[C@@H](O)C[C@H](CCCOC(=O)c9ccc(C%10(C(F)(F)F)N=N%10)cc9OCCOCCOCCNC(=O)CCCC[C@@H]9SC[C@@H]%10NC(=O)N[C@@H]%109)O[C@@H]8C[C@@H]7O[C@@H]6C[C@@H]5O[C@]4(C)C[C@]3(C)O[C@@H]2C=C[C@]1(C)O. The fourth-order valence-corrected chi connectivity index (χ4v) is 17.5. The molecule has 9 fully saturated rings. The van der Waals surface area contributed by atoms with Crippen LogP contribution < -0.4 is 20.7 Å². The number of nitrogens with zero attached hydrogens (tertiary/aromatic N) is 2. The highest BCUT2D eigenvalue weighted by atomic mass is 32.2. The largest absolute Gasteiger partial charge is 0.490 e. The molecule has 21 atom stereocenters. The van der Waals surface area contributed by atoms with Gasteiger partial charge in [-0.1, -0.05) is 55.0 Å². The van der Waals surface area contributed by atoms with Crippen molar-refractivity contribution in [1.29, 1.82) is 0 Å². The molecule has 26 heteroatoms. The molecule has 520 valence electrons. The molecule has 0 spiro atoms. The first kappa shape index (κ1) is 69.4. The Morgan fingerprint density at radius 2 is 1.60 bits per heavy atom. The van der Waals surface area contributed by atoms with Gasteiger partial charge in [-0.3, -0.25) is 4.79 Å². The number of aliphatic hydroxyl groups is 2. The lowest BCUT2D eigenvalue weighted by Crippen LogP contribution is -2.72. The number of urea groups is 1. The number of benzene rings is 1. The number of nitrogens with one attached hydrogen (secondary N) is 3. The molecule has 22 nitrogen and oxygen atoms in total. The lowest BCUT2D eigenvalue weighted by molar-refractivity contribution is -0.369. The Hall–Kier alpha value is -4.55. The van der Waals surface area contributed by atoms with E-state index in [0.717, 1.165) is 56.4 Å². The monoisotopic (exact) mass is 1340 g/mol. The number of carbonyl (C=O) groups is 3. The van der Waals surface area contributed by atoms with E-state index in [0.29, 0.717) is 63.2 Å². The first-order valence-electron chi connectivity index (χ1n) is 33.8. The number of alkyl halides is 3. The quantitative estimate of drug-likeness (QED) is 0.0203. The molecule has 0 saturated carbocycles. The molecule has 0 aromatic heterocycles. The Balaban J connectivity index is 0.584. The number of rotatable bonds is 25. The van der Waals surface area contributed by atoms with Gasteiger partial charge in [-0.25, -0.2) is 9.59 Å². The molecule has 0 bridgehead atoms. The molecule has 0 unspecified atom stereocenters. The number of amides is 3. The fourth-order valence-electron chi connectivity index (χ4n) is 15.9. The van der Waals surface area contributed by atoms with Crippen molar-refractivity contribution in [3.05, 3.63) is 78.4 Å². The summed E-state index contributed by atoms with van der Waals surface area (Å²) < 4.78 is 121. The minimum Gasteiger partial charge on any atom is -0.490 e. The number of halogens is 3. The van der Waals surface area contributed by atoms with Gasteiger partial charge >= 0.3 is 23.8 Å². The van der Waals surface area contributed by atoms with E-state index >= 15 is 0 Å². The van der Waals surface area contributed by atoms with Crippen LogP contribution in [0.5, 0.6) is 5.75 Å². The normalized spacial score (nSPS) is 40.8. The Bertz CT molecular complexity index is 3010. The molecule has 0 aliphatic carbocycles. The van der Waals surface area contributed by atoms with Gasteiger partial charge in [-0.15, -0.1) is 16.8 Å². The predicted molar refractivity (Wildman–Crippen MR) is 336 cm³/mol. The van der Waals surface area contributed by atoms with Crippen LogP contribution in [0.25, 0.3) is 0 Å². The van der Waals surface area contributed by atoms with E-state index in [1.165, 1.54) is 6.07 Å². The van der Waals surface area contributed by atoms with Crippen LogP contribution in [0.4, 0.5) is 18.0 Å². The predicted octanol–water partition coefficient (Wildman–Crippen LogP) is 8.24. The zero-order chi connectivity index (χ0) is 66.3. The first-order chi connectivity index (χ1) is 44.9. The number of aliphatic hydroxyl groups excluding tert-OH is 1. The summed E-state index contributed by atoms with van der Waals surface area (Å²) >= 11 is 1.85. The molecule has 3 amide bonds. The number of fused-ring (bicyclic) bond motifs is 8. The summed E-state index contributed by atoms with van der Waals surface area (Å²) in [5, 5.41) is 39.1. The highest BCUT2D eigenvalue weighted by Crippen LogP contribution is 2.56. The molecule has 0 radical (unpaired) electrons. The topological polar surface area (TPSA) is 263 Å². The van der Waals surface area contributed by atoms with Gasteiger partial charge in [0.2, 0.25) is 5.91 Å². The number of carbonyl (C=O) groups excluding carboxylic acids is 3. The van der Waals surface area contributed by atoms with Crippen LogP contribution in [0.1, 0.15) is 147 Å². The van der Waals surface area contributed by atoms with E-state index in [4.69, 9.17) is 56.8 Å². The van der Waals surface area contributed by atoms with Gasteiger partial charge in [0, 0.05) is 68.1 Å². The van der Waals surface area contributed by atoms with Gasteiger partial charge in [0.1, 0.15) is 41.3 Å². The molecule has 5 N–H and O–H groups in total. The summed E-state index contributed by atoms with van der Waals surface area (Å²) in [7, 11) is 0. The maximum atomic E-state index is 14.1. The van der Waals surface area contributed by atoms with Gasteiger partial charge in [0.25, 0.3) is 0 Å². The van der Waals surface area contributed by atoms with Crippen LogP contribution in [-0.4, -0.2) is 211 Å². The van der Waals surface area contributed by atoms with Crippen LogP contribution >= 0.6 is 11.8 Å². The van der Waals surface area contributed by atoms with Gasteiger partial charge in [-0.2, -0.15) is 24.9 Å². The van der Waals surface area contributed by atoms with Crippen molar-refractivity contribution in [1.82, 2.24) is 16.0 Å². The molecule has 9 saturated heterocycles. The molecule has 1 aromatic carbocycles. The molecular weight excluding hydrogens is 1250 g/mol. The fraction of sp³-hybridized carbons (Fsp3) is 0.750. The summed E-state index contributed by atoms with van der Waals surface area (Å²) in [6.45, 7) is 14.5. The average Bonchev–Trinajstić information content (AvgIpc) is 1.03. The van der Waals surface area contributed by atoms with Gasteiger partial charge in [0.05, 0.1) is 129 Å². The zero-order valence-corrected chi connectivity index (χ0v) is 55.3. The van der Waals surface area contributed by atoms with Crippen LogP contribution in [0.2, 0.25) is 0 Å². The number of esters is 1. The van der Waals surface area contributed by atoms with Gasteiger partial charge in [0.15, 0.2) is 0 Å². The summed E-state index contributed by atoms with van der Waals surface area (Å²) in [6.07, 6.45) is 12.2. The Labute approximate surface area is 551 Å². The molecule has 11 aliphatic rings. The van der Waals surface area contributed by atoms with E-state index in [1.807, 2.05) is 62.1 Å². The Morgan fingerprint density at radius 1 is 0.809 bits per heavy atom. The van der Waals surface area contributed by atoms with Crippen LogP contribution in [-0.2, 0) is 62.6 Å². The second kappa shape index (κ2) is 28.4. The third-order valence-electron chi connectivity index (χ3n) is 21.1. The van der Waals surface area contributed by atoms with Gasteiger partial charge < -0.3 is 83.0 Å². The van der Waals surface area contributed by atoms with Crippen molar-refractivity contribution in [2.45, 2.75) is 267 Å². The van der Waals surface area contributed by atoms with E-state index in [1.54, 1.807) is 13.0 Å². The molecule has 12 rings (SSSR count). The van der Waals surface area contributed by atoms with E-state index in [-0.39, 0.29) is 136 Å². The molecule has 11 heterocycles. The van der Waals surface area contributed by atoms with Crippen LogP contribution in [0, 0.1) is 0 Å². The summed E-state index contributed by atoms with van der Waals surface area (Å²) in [5.41, 5.74) is -7.67. The third-order valence-corrected chi connectivity index (χ3v) is 22.6. The summed E-state index contributed by atoms with van der Waals surface area (Å²) in [5.74, 6) is -0.130. The van der Waals surface area contributed by atoms with Crippen LogP contribution in [0.3, 0.4) is 0 Å². The number of allylic oxidation sites excluding steroid dienone is 4. The number of ether oxygens (including phenoxy) is 12. The third kappa shape index (κ3) is 14.9. The summed E-state index contributed by atoms with van der Waals surface area (Å²) in [4.78, 5) is 37.6. The van der Waals surface area contributed by atoms with Crippen molar-refractivity contribution >= 4 is 29.7 Å². The maximum Gasteiger partial charge on any atom is 0.442 e.